The number of aliphatic hydroxyl groups excluding tert-OH is 1. The van der Waals surface area contributed by atoms with Crippen LogP contribution in [0.1, 0.15) is 65.7 Å². The monoisotopic (exact) mass is 284 g/mol. The van der Waals surface area contributed by atoms with Gasteiger partial charge in [-0.1, -0.05) is 33.1 Å². The van der Waals surface area contributed by atoms with Gasteiger partial charge in [0.05, 0.1) is 6.10 Å². The minimum Gasteiger partial charge on any atom is -0.393 e. The van der Waals surface area contributed by atoms with Gasteiger partial charge >= 0.3 is 6.03 Å². The van der Waals surface area contributed by atoms with Gasteiger partial charge in [0, 0.05) is 25.0 Å². The van der Waals surface area contributed by atoms with E-state index in [1.807, 2.05) is 11.8 Å². The molecule has 4 nitrogen and oxygen atoms in total. The average molecular weight is 284 g/mol. The normalized spacial score (nSPS) is 22.4. The lowest BCUT2D eigenvalue weighted by atomic mass is 9.93. The number of carbonyl (C=O) groups is 1. The topological polar surface area (TPSA) is 52.6 Å². The van der Waals surface area contributed by atoms with Crippen LogP contribution in [-0.4, -0.2) is 41.3 Å². The highest BCUT2D eigenvalue weighted by Crippen LogP contribution is 2.20. The predicted molar refractivity (Wildman–Crippen MR) is 82.7 cm³/mol. The third-order valence-corrected chi connectivity index (χ3v) is 4.30. The number of carbonyl (C=O) groups excluding carboxylic acids is 1. The summed E-state index contributed by atoms with van der Waals surface area (Å²) in [4.78, 5) is 14.2. The van der Waals surface area contributed by atoms with Crippen LogP contribution in [0, 0.1) is 5.92 Å². The van der Waals surface area contributed by atoms with E-state index in [9.17, 15) is 9.90 Å². The number of nitrogens with zero attached hydrogens (tertiary/aromatic N) is 1. The zero-order valence-corrected chi connectivity index (χ0v) is 13.4. The molecule has 1 fully saturated rings. The fourth-order valence-electron chi connectivity index (χ4n) is 2.94. The first-order valence-electron chi connectivity index (χ1n) is 8.31. The summed E-state index contributed by atoms with van der Waals surface area (Å²) in [5.41, 5.74) is 0. The number of aliphatic hydroxyl groups is 1. The van der Waals surface area contributed by atoms with Crippen LogP contribution in [0.4, 0.5) is 4.79 Å². The second-order valence-corrected chi connectivity index (χ2v) is 6.17. The van der Waals surface area contributed by atoms with Crippen LogP contribution >= 0.6 is 0 Å². The van der Waals surface area contributed by atoms with E-state index >= 15 is 0 Å². The summed E-state index contributed by atoms with van der Waals surface area (Å²) in [5.74, 6) is 0.231. The van der Waals surface area contributed by atoms with Crippen molar-refractivity contribution in [3.05, 3.63) is 0 Å². The Balaban J connectivity index is 2.46. The van der Waals surface area contributed by atoms with Crippen molar-refractivity contribution in [1.82, 2.24) is 10.2 Å². The number of unbranched alkanes of at least 4 members (excludes halogenated alkanes) is 1. The van der Waals surface area contributed by atoms with Crippen LogP contribution in [0.25, 0.3) is 0 Å². The van der Waals surface area contributed by atoms with Gasteiger partial charge in [0.2, 0.25) is 0 Å². The number of piperidine rings is 1. The number of urea groups is 1. The molecule has 20 heavy (non-hydrogen) atoms. The molecule has 0 bridgehead atoms. The summed E-state index contributed by atoms with van der Waals surface area (Å²) >= 11 is 0. The molecule has 0 aromatic carbocycles. The summed E-state index contributed by atoms with van der Waals surface area (Å²) < 4.78 is 0. The molecule has 1 heterocycles. The molecule has 2 N–H and O–H groups in total. The van der Waals surface area contributed by atoms with Gasteiger partial charge in [-0.05, 0) is 32.6 Å². The molecule has 3 atom stereocenters. The molecule has 1 aliphatic rings. The summed E-state index contributed by atoms with van der Waals surface area (Å²) in [6, 6.07) is 0.365. The molecule has 1 rings (SSSR count). The quantitative estimate of drug-likeness (QED) is 0.754. The maximum atomic E-state index is 12.3. The van der Waals surface area contributed by atoms with Crippen molar-refractivity contribution in [3.63, 3.8) is 0 Å². The number of rotatable bonds is 7. The molecule has 3 unspecified atom stereocenters. The highest BCUT2D eigenvalue weighted by atomic mass is 16.3. The maximum Gasteiger partial charge on any atom is 0.317 e. The first-order chi connectivity index (χ1) is 9.58. The van der Waals surface area contributed by atoms with Crippen molar-refractivity contribution in [1.29, 1.82) is 0 Å². The van der Waals surface area contributed by atoms with Gasteiger partial charge in [0.25, 0.3) is 0 Å². The maximum absolute atomic E-state index is 12.3. The summed E-state index contributed by atoms with van der Waals surface area (Å²) in [6.07, 6.45) is 7.27. The Morgan fingerprint density at radius 3 is 2.70 bits per heavy atom. The van der Waals surface area contributed by atoms with Crippen molar-refractivity contribution in [3.8, 4) is 0 Å². The SMILES string of the molecule is CCCCC(CCC)NC(=O)N1CCCC(C(C)O)C1. The summed E-state index contributed by atoms with van der Waals surface area (Å²) in [5, 5.41) is 12.9. The average Bonchev–Trinajstić information content (AvgIpc) is 2.45. The van der Waals surface area contributed by atoms with E-state index < -0.39 is 0 Å². The third kappa shape index (κ3) is 5.70. The third-order valence-electron chi connectivity index (χ3n) is 4.30. The van der Waals surface area contributed by atoms with Crippen molar-refractivity contribution < 1.29 is 9.90 Å². The molecule has 0 aliphatic carbocycles. The molecular formula is C16H32N2O2. The van der Waals surface area contributed by atoms with Crippen molar-refractivity contribution in [2.24, 2.45) is 5.92 Å². The molecule has 4 heteroatoms. The van der Waals surface area contributed by atoms with E-state index in [2.05, 4.69) is 19.2 Å². The molecular weight excluding hydrogens is 252 g/mol. The number of hydrogen-bond acceptors (Lipinski definition) is 2. The molecule has 1 aliphatic heterocycles. The van der Waals surface area contributed by atoms with E-state index in [4.69, 9.17) is 0 Å². The number of hydrogen-bond donors (Lipinski definition) is 2. The first kappa shape index (κ1) is 17.3. The van der Waals surface area contributed by atoms with Crippen LogP contribution in [0.3, 0.4) is 0 Å². The summed E-state index contributed by atoms with van der Waals surface area (Å²) in [7, 11) is 0. The largest absolute Gasteiger partial charge is 0.393 e. The van der Waals surface area contributed by atoms with Gasteiger partial charge in [0.15, 0.2) is 0 Å². The fourth-order valence-corrected chi connectivity index (χ4v) is 2.94. The Hall–Kier alpha value is -0.770. The van der Waals surface area contributed by atoms with Crippen LogP contribution in [0.2, 0.25) is 0 Å². The van der Waals surface area contributed by atoms with E-state index in [0.29, 0.717) is 12.6 Å². The van der Waals surface area contributed by atoms with Gasteiger partial charge in [-0.2, -0.15) is 0 Å². The fraction of sp³-hybridized carbons (Fsp3) is 0.938. The van der Waals surface area contributed by atoms with Crippen LogP contribution < -0.4 is 5.32 Å². The van der Waals surface area contributed by atoms with E-state index in [-0.39, 0.29) is 18.1 Å². The lowest BCUT2D eigenvalue weighted by Crippen LogP contribution is -2.50. The Morgan fingerprint density at radius 1 is 1.35 bits per heavy atom. The Labute approximate surface area is 123 Å². The molecule has 0 aromatic heterocycles. The van der Waals surface area contributed by atoms with Crippen LogP contribution in [-0.2, 0) is 0 Å². The first-order valence-corrected chi connectivity index (χ1v) is 8.31. The minimum absolute atomic E-state index is 0.0601. The highest BCUT2D eigenvalue weighted by molar-refractivity contribution is 5.74. The Kier molecular flexibility index (Phi) is 7.97. The van der Waals surface area contributed by atoms with Crippen molar-refractivity contribution in [2.75, 3.05) is 13.1 Å². The molecule has 0 saturated carbocycles. The van der Waals surface area contributed by atoms with E-state index in [1.165, 1.54) is 12.8 Å². The summed E-state index contributed by atoms with van der Waals surface area (Å²) in [6.45, 7) is 7.68. The highest BCUT2D eigenvalue weighted by Gasteiger charge is 2.27. The smallest absolute Gasteiger partial charge is 0.317 e. The second-order valence-electron chi connectivity index (χ2n) is 6.17. The number of nitrogens with one attached hydrogen (secondary N) is 1. The van der Waals surface area contributed by atoms with Gasteiger partial charge in [-0.3, -0.25) is 0 Å². The zero-order chi connectivity index (χ0) is 15.0. The molecule has 0 spiro atoms. The molecule has 1 saturated heterocycles. The van der Waals surface area contributed by atoms with Gasteiger partial charge in [-0.15, -0.1) is 0 Å². The van der Waals surface area contributed by atoms with Crippen molar-refractivity contribution >= 4 is 6.03 Å². The lowest BCUT2D eigenvalue weighted by Gasteiger charge is -2.35. The lowest BCUT2D eigenvalue weighted by molar-refractivity contribution is 0.0731. The van der Waals surface area contributed by atoms with E-state index in [1.54, 1.807) is 0 Å². The molecule has 2 amide bonds. The Bertz CT molecular complexity index is 282. The standard InChI is InChI=1S/C16H32N2O2/c1-4-6-10-15(8-5-2)17-16(20)18-11-7-9-14(12-18)13(3)19/h13-15,19H,4-12H2,1-3H3,(H,17,20). The second kappa shape index (κ2) is 9.22. The van der Waals surface area contributed by atoms with Crippen molar-refractivity contribution in [2.45, 2.75) is 77.9 Å². The number of amides is 2. The van der Waals surface area contributed by atoms with Gasteiger partial charge in [-0.25, -0.2) is 4.79 Å². The van der Waals surface area contributed by atoms with Crippen LogP contribution in [0.15, 0.2) is 0 Å². The number of likely N-dealkylation sites (tertiary alicyclic amines) is 1. The Morgan fingerprint density at radius 2 is 2.10 bits per heavy atom. The molecule has 118 valence electrons. The zero-order valence-electron chi connectivity index (χ0n) is 13.4. The van der Waals surface area contributed by atoms with Gasteiger partial charge in [0.1, 0.15) is 0 Å². The van der Waals surface area contributed by atoms with Crippen LogP contribution in [0.5, 0.6) is 0 Å². The van der Waals surface area contributed by atoms with E-state index in [0.717, 1.165) is 38.6 Å². The van der Waals surface area contributed by atoms with Gasteiger partial charge < -0.3 is 15.3 Å². The molecule has 0 aromatic rings. The molecule has 0 radical (unpaired) electrons. The minimum atomic E-state index is -0.322. The predicted octanol–water partition coefficient (Wildman–Crippen LogP) is 3.15.